The molecule has 0 aromatic carbocycles. The number of fused-ring (bicyclic) bond motifs is 1. The Bertz CT molecular complexity index is 599. The van der Waals surface area contributed by atoms with Crippen molar-refractivity contribution in [1.82, 2.24) is 5.32 Å². The lowest BCUT2D eigenvalue weighted by Gasteiger charge is -2.46. The quantitative estimate of drug-likeness (QED) is 0.658. The van der Waals surface area contributed by atoms with Crippen LogP contribution < -0.4 is 11.1 Å². The van der Waals surface area contributed by atoms with Crippen LogP contribution >= 0.6 is 0 Å². The van der Waals surface area contributed by atoms with Crippen molar-refractivity contribution >= 4 is 14.4 Å². The molecule has 0 radical (unpaired) electrons. The molecule has 3 N–H and O–H groups in total. The second kappa shape index (κ2) is 8.09. The number of nitrogens with one attached hydrogen (secondary N) is 1. The van der Waals surface area contributed by atoms with Crippen LogP contribution in [0.3, 0.4) is 0 Å². The van der Waals surface area contributed by atoms with Crippen molar-refractivity contribution in [2.75, 3.05) is 6.54 Å². The van der Waals surface area contributed by atoms with Crippen LogP contribution in [-0.4, -0.2) is 63.0 Å². The molecule has 0 aromatic rings. The molecule has 0 bridgehead atoms. The summed E-state index contributed by atoms with van der Waals surface area (Å²) in [5.41, 5.74) is 5.91. The Morgan fingerprint density at radius 1 is 1.10 bits per heavy atom. The smallest absolute Gasteiger partial charge is 0.407 e. The van der Waals surface area contributed by atoms with Gasteiger partial charge in [0.05, 0.1) is 6.04 Å². The fourth-order valence-corrected chi connectivity index (χ4v) is 4.28. The van der Waals surface area contributed by atoms with E-state index in [1.54, 1.807) is 0 Å². The lowest BCUT2D eigenvalue weighted by Crippen LogP contribution is -2.64. The van der Waals surface area contributed by atoms with Gasteiger partial charge in [-0.25, -0.2) is 4.79 Å². The van der Waals surface area contributed by atoms with Crippen LogP contribution in [0.15, 0.2) is 0 Å². The van der Waals surface area contributed by atoms with E-state index < -0.39 is 50.3 Å². The van der Waals surface area contributed by atoms with Crippen molar-refractivity contribution in [2.45, 2.75) is 116 Å². The van der Waals surface area contributed by atoms with E-state index in [0.29, 0.717) is 0 Å². The maximum Gasteiger partial charge on any atom is 0.407 e. The third kappa shape index (κ3) is 6.14. The van der Waals surface area contributed by atoms with Gasteiger partial charge in [-0.2, -0.15) is 0 Å². The van der Waals surface area contributed by atoms with Gasteiger partial charge in [0.25, 0.3) is 0 Å². The van der Waals surface area contributed by atoms with Crippen LogP contribution in [0, 0.1) is 0 Å². The monoisotopic (exact) mass is 432 g/mol. The van der Waals surface area contributed by atoms with Crippen molar-refractivity contribution in [2.24, 2.45) is 5.73 Å². The van der Waals surface area contributed by atoms with Crippen LogP contribution in [-0.2, 0) is 23.4 Å². The summed E-state index contributed by atoms with van der Waals surface area (Å²) in [6, 6.07) is -0.492. The van der Waals surface area contributed by atoms with E-state index in [0.717, 1.165) is 0 Å². The van der Waals surface area contributed by atoms with Gasteiger partial charge in [0.15, 0.2) is 20.4 Å². The first-order valence-corrected chi connectivity index (χ1v) is 13.2. The lowest BCUT2D eigenvalue weighted by molar-refractivity contribution is -0.209. The summed E-state index contributed by atoms with van der Waals surface area (Å²) >= 11 is 0. The first-order valence-electron chi connectivity index (χ1n) is 10.3. The average molecular weight is 433 g/mol. The minimum absolute atomic E-state index is 0.00347. The highest BCUT2D eigenvalue weighted by Crippen LogP contribution is 2.41. The van der Waals surface area contributed by atoms with Gasteiger partial charge in [0.2, 0.25) is 0 Å². The Morgan fingerprint density at radius 2 is 1.66 bits per heavy atom. The molecule has 2 fully saturated rings. The van der Waals surface area contributed by atoms with Crippen LogP contribution in [0.1, 0.15) is 55.4 Å². The highest BCUT2D eigenvalue weighted by atomic mass is 28.4. The highest BCUT2D eigenvalue weighted by Gasteiger charge is 2.55. The summed E-state index contributed by atoms with van der Waals surface area (Å²) < 4.78 is 30.1. The normalized spacial score (nSPS) is 32.6. The number of hydrogen-bond donors (Lipinski definition) is 2. The molecule has 9 heteroatoms. The van der Waals surface area contributed by atoms with Crippen molar-refractivity contribution in [3.8, 4) is 0 Å². The number of hydrogen-bond acceptors (Lipinski definition) is 7. The van der Waals surface area contributed by atoms with Gasteiger partial charge < -0.3 is 34.4 Å². The van der Waals surface area contributed by atoms with E-state index in [1.807, 2.05) is 34.6 Å². The van der Waals surface area contributed by atoms with E-state index in [-0.39, 0.29) is 17.7 Å². The number of alkyl carbamates (subject to hydrolysis) is 1. The van der Waals surface area contributed by atoms with E-state index >= 15 is 0 Å². The Morgan fingerprint density at radius 3 is 2.17 bits per heavy atom. The van der Waals surface area contributed by atoms with E-state index in [2.05, 4.69) is 39.2 Å². The largest absolute Gasteiger partial charge is 0.444 e. The Kier molecular flexibility index (Phi) is 6.85. The van der Waals surface area contributed by atoms with Crippen molar-refractivity contribution in [3.63, 3.8) is 0 Å². The zero-order valence-electron chi connectivity index (χ0n) is 19.6. The van der Waals surface area contributed by atoms with E-state index in [4.69, 9.17) is 29.1 Å². The third-order valence-electron chi connectivity index (χ3n) is 5.60. The molecule has 0 spiro atoms. The molecule has 1 amide bonds. The number of rotatable bonds is 4. The molecule has 170 valence electrons. The summed E-state index contributed by atoms with van der Waals surface area (Å²) in [5.74, 6) is -0.785. The summed E-state index contributed by atoms with van der Waals surface area (Å²) in [5, 5.41) is 2.77. The molecule has 2 aliphatic heterocycles. The lowest BCUT2D eigenvalue weighted by atomic mass is 9.97. The van der Waals surface area contributed by atoms with E-state index in [1.165, 1.54) is 0 Å². The van der Waals surface area contributed by atoms with Crippen molar-refractivity contribution < 1.29 is 28.2 Å². The molecule has 29 heavy (non-hydrogen) atoms. The predicted molar refractivity (Wildman–Crippen MR) is 113 cm³/mol. The summed E-state index contributed by atoms with van der Waals surface area (Å²) in [6.07, 6.45) is -2.41. The van der Waals surface area contributed by atoms with Crippen molar-refractivity contribution in [1.29, 1.82) is 0 Å². The molecule has 0 saturated carbocycles. The van der Waals surface area contributed by atoms with Crippen LogP contribution in [0.2, 0.25) is 18.1 Å². The summed E-state index contributed by atoms with van der Waals surface area (Å²) in [4.78, 5) is 12.1. The Labute approximate surface area is 176 Å². The number of amides is 1. The SMILES string of the molecule is CC(C)(C)OC(=O)NC[C@H]1OC(O[Si](C)(C)C(C)(C)C)[C@H](N)C2OC(C)(C)O[C@H]21. The molecule has 2 aliphatic rings. The molecule has 2 rings (SSSR count). The maximum atomic E-state index is 12.1. The minimum Gasteiger partial charge on any atom is -0.444 e. The molecular formula is C20H40N2O6Si. The molecule has 0 aromatic heterocycles. The first kappa shape index (κ1) is 24.6. The average Bonchev–Trinajstić information content (AvgIpc) is 2.82. The molecule has 0 aliphatic carbocycles. The van der Waals surface area contributed by atoms with Gasteiger partial charge in [-0.3, -0.25) is 0 Å². The molecule has 2 unspecified atom stereocenters. The topological polar surface area (TPSA) is 101 Å². The van der Waals surface area contributed by atoms with Gasteiger partial charge >= 0.3 is 6.09 Å². The number of carbonyl (C=O) groups is 1. The fraction of sp³-hybridized carbons (Fsp3) is 0.950. The molecule has 2 heterocycles. The minimum atomic E-state index is -2.13. The van der Waals surface area contributed by atoms with E-state index in [9.17, 15) is 4.79 Å². The van der Waals surface area contributed by atoms with Crippen LogP contribution in [0.5, 0.6) is 0 Å². The van der Waals surface area contributed by atoms with Crippen LogP contribution in [0.4, 0.5) is 4.79 Å². The number of carbonyl (C=O) groups excluding carboxylic acids is 1. The predicted octanol–water partition coefficient (Wildman–Crippen LogP) is 3.11. The molecule has 5 atom stereocenters. The highest BCUT2D eigenvalue weighted by molar-refractivity contribution is 6.74. The fourth-order valence-electron chi connectivity index (χ4n) is 3.13. The number of ether oxygens (including phenoxy) is 4. The van der Waals surface area contributed by atoms with Gasteiger partial charge in [-0.15, -0.1) is 0 Å². The second-order valence-electron chi connectivity index (χ2n) is 10.9. The summed E-state index contributed by atoms with van der Waals surface area (Å²) in [7, 11) is -2.13. The van der Waals surface area contributed by atoms with Crippen LogP contribution in [0.25, 0.3) is 0 Å². The van der Waals surface area contributed by atoms with Gasteiger partial charge in [0.1, 0.15) is 23.9 Å². The third-order valence-corrected chi connectivity index (χ3v) is 10.0. The molecule has 8 nitrogen and oxygen atoms in total. The zero-order chi connectivity index (χ0) is 22.4. The molecular weight excluding hydrogens is 392 g/mol. The van der Waals surface area contributed by atoms with Gasteiger partial charge in [-0.05, 0) is 52.8 Å². The van der Waals surface area contributed by atoms with Gasteiger partial charge in [0, 0.05) is 6.54 Å². The summed E-state index contributed by atoms with van der Waals surface area (Å²) in [6.45, 7) is 20.1. The first-order chi connectivity index (χ1) is 12.9. The maximum absolute atomic E-state index is 12.1. The second-order valence-corrected chi connectivity index (χ2v) is 15.7. The Hall–Kier alpha value is -0.713. The standard InChI is InChI=1S/C20H40N2O6Si/c1-18(2,3)27-17(23)22-11-12-14-15(26-20(7,8)25-14)13(21)16(24-12)28-29(9,10)19(4,5)6/h12-16H,11,21H2,1-10H3,(H,22,23)/t12-,13-,14+,15?,16?/m1/s1. The molecule has 2 saturated heterocycles. The zero-order valence-corrected chi connectivity index (χ0v) is 20.6. The Balaban J connectivity index is 2.15. The van der Waals surface area contributed by atoms with Crippen molar-refractivity contribution in [3.05, 3.63) is 0 Å². The van der Waals surface area contributed by atoms with Gasteiger partial charge in [-0.1, -0.05) is 20.8 Å². The number of nitrogens with two attached hydrogens (primary N) is 1.